The first kappa shape index (κ1) is 56.5. The molecule has 15 nitrogen and oxygen atoms in total. The van der Waals surface area contributed by atoms with Crippen molar-refractivity contribution in [2.24, 2.45) is 0 Å². The summed E-state index contributed by atoms with van der Waals surface area (Å²) >= 11 is 12.2. The molecule has 0 amide bonds. The summed E-state index contributed by atoms with van der Waals surface area (Å²) in [5.41, 5.74) is 9.64. The van der Waals surface area contributed by atoms with Gasteiger partial charge >= 0.3 is 0 Å². The standard InChI is InChI=1S/C29H27BrFN3O4.C20H20BrFN4O3.C8H7ClO/c30-27-28-23(19-33-29(27)37-15-12-34-10-13-36-14-11-34)25(8-9-32-28)38-26-7-6-21(18-24(26)31)17-22(35)16-20-4-2-1-3-5-20;21-18-19-14(12-25-20(18)28-10-7-26-5-8-27-9-6-26)16(3-4-24-19)29-17-2-1-13(23)11-15(17)22;9-8(10)6-7-4-2-1-3-5-7/h1-9,18-19H,10-17H2;1-4,11-12H,5-10,23H2;1-5H,6H2. The normalized spacial score (nSPS) is 13.7. The van der Waals surface area contributed by atoms with Crippen LogP contribution in [0.2, 0.25) is 0 Å². The predicted molar refractivity (Wildman–Crippen MR) is 297 cm³/mol. The van der Waals surface area contributed by atoms with Gasteiger partial charge in [-0.2, -0.15) is 0 Å². The quantitative estimate of drug-likeness (QED) is 0.0634. The number of nitrogen functional groups attached to an aromatic ring is 1. The highest BCUT2D eigenvalue weighted by Gasteiger charge is 2.19. The maximum Gasteiger partial charge on any atom is 0.230 e. The second-order valence-electron chi connectivity index (χ2n) is 17.6. The van der Waals surface area contributed by atoms with E-state index in [1.165, 1.54) is 24.3 Å². The van der Waals surface area contributed by atoms with Crippen LogP contribution in [0, 0.1) is 11.6 Å². The fraction of sp³-hybridized carbons (Fsp3) is 0.263. The number of nitrogens with two attached hydrogens (primary N) is 1. The van der Waals surface area contributed by atoms with E-state index in [1.54, 1.807) is 49.1 Å². The molecule has 2 saturated heterocycles. The van der Waals surface area contributed by atoms with Crippen LogP contribution in [0.15, 0.2) is 143 Å². The third-order valence-electron chi connectivity index (χ3n) is 12.0. The lowest BCUT2D eigenvalue weighted by Crippen LogP contribution is -2.38. The molecule has 0 atom stereocenters. The van der Waals surface area contributed by atoms with Crippen LogP contribution in [0.1, 0.15) is 16.7 Å². The number of anilines is 1. The summed E-state index contributed by atoms with van der Waals surface area (Å²) in [6.07, 6.45) is 7.19. The molecule has 2 N–H and O–H groups in total. The number of aromatic nitrogens is 4. The van der Waals surface area contributed by atoms with Gasteiger partial charge in [0, 0.05) is 95.1 Å². The number of benzene rings is 4. The van der Waals surface area contributed by atoms with Gasteiger partial charge in [-0.3, -0.25) is 29.4 Å². The van der Waals surface area contributed by atoms with Crippen molar-refractivity contribution in [1.82, 2.24) is 29.7 Å². The SMILES string of the molecule is Nc1ccc(Oc2ccnc3c(Br)c(OCCN4CCOCC4)ncc23)c(F)c1.O=C(Cc1ccccc1)Cc1ccc(Oc2ccnc3c(Br)c(OCCN4CCOCC4)ncc23)c(F)c1.O=C(Cl)Cc1ccccc1. The van der Waals surface area contributed by atoms with Gasteiger partial charge in [-0.05, 0) is 96.5 Å². The van der Waals surface area contributed by atoms with Crippen LogP contribution < -0.4 is 24.7 Å². The van der Waals surface area contributed by atoms with Gasteiger partial charge in [0.25, 0.3) is 0 Å². The molecule has 0 radical (unpaired) electrons. The molecule has 0 bridgehead atoms. The summed E-state index contributed by atoms with van der Waals surface area (Å²) in [6, 6.07) is 31.1. The van der Waals surface area contributed by atoms with E-state index in [2.05, 4.69) is 61.6 Å². The molecule has 4 aromatic heterocycles. The smallest absolute Gasteiger partial charge is 0.230 e. The molecule has 0 saturated carbocycles. The summed E-state index contributed by atoms with van der Waals surface area (Å²) in [7, 11) is 0. The fourth-order valence-corrected chi connectivity index (χ4v) is 9.31. The average molecular weight is 1200 g/mol. The van der Waals surface area contributed by atoms with Gasteiger partial charge in [0.05, 0.1) is 48.2 Å². The molecule has 0 aliphatic carbocycles. The molecule has 2 aliphatic rings. The van der Waals surface area contributed by atoms with E-state index in [9.17, 15) is 18.4 Å². The minimum atomic E-state index is -0.546. The topological polar surface area (TPSA) is 174 Å². The number of ether oxygens (including phenoxy) is 6. The van der Waals surface area contributed by atoms with Gasteiger partial charge < -0.3 is 34.2 Å². The minimum absolute atomic E-state index is 0.0169. The number of fused-ring (bicyclic) bond motifs is 2. The Morgan fingerprint density at radius 1 is 0.571 bits per heavy atom. The van der Waals surface area contributed by atoms with Crippen LogP contribution in [0.3, 0.4) is 0 Å². The number of ketones is 1. The summed E-state index contributed by atoms with van der Waals surface area (Å²) in [5, 5.41) is 0.934. The number of nitrogens with zero attached hydrogens (tertiary/aromatic N) is 6. The van der Waals surface area contributed by atoms with Crippen molar-refractivity contribution in [2.75, 3.05) is 84.6 Å². The van der Waals surface area contributed by atoms with Crippen LogP contribution in [-0.4, -0.2) is 120 Å². The number of pyridine rings is 4. The Kier molecular flexibility index (Phi) is 21.0. The zero-order chi connectivity index (χ0) is 53.9. The Hall–Kier alpha value is -6.71. The summed E-state index contributed by atoms with van der Waals surface area (Å²) in [5.74, 6) is 0.803. The van der Waals surface area contributed by atoms with E-state index in [-0.39, 0.29) is 28.9 Å². The highest BCUT2D eigenvalue weighted by Crippen LogP contribution is 2.38. The summed E-state index contributed by atoms with van der Waals surface area (Å²) in [4.78, 5) is 45.0. The first-order valence-electron chi connectivity index (χ1n) is 24.7. The van der Waals surface area contributed by atoms with Crippen molar-refractivity contribution < 1.29 is 46.8 Å². The van der Waals surface area contributed by atoms with E-state index in [0.717, 1.165) is 76.8 Å². The monoisotopic (exact) mass is 1200 g/mol. The van der Waals surface area contributed by atoms with Crippen molar-refractivity contribution in [2.45, 2.75) is 19.3 Å². The molecule has 0 spiro atoms. The molecule has 0 unspecified atom stereocenters. The Labute approximate surface area is 465 Å². The number of rotatable bonds is 18. The Morgan fingerprint density at radius 2 is 1.03 bits per heavy atom. The lowest BCUT2D eigenvalue weighted by Gasteiger charge is -2.26. The number of morpholine rings is 2. The van der Waals surface area contributed by atoms with Crippen LogP contribution in [0.25, 0.3) is 21.8 Å². The van der Waals surface area contributed by atoms with Crippen molar-refractivity contribution in [3.8, 4) is 34.8 Å². The van der Waals surface area contributed by atoms with Crippen LogP contribution in [0.4, 0.5) is 14.5 Å². The number of halogens is 5. The van der Waals surface area contributed by atoms with Crippen LogP contribution in [0.5, 0.6) is 34.8 Å². The largest absolute Gasteiger partial charge is 0.475 e. The third kappa shape index (κ3) is 16.6. The van der Waals surface area contributed by atoms with Crippen molar-refractivity contribution in [1.29, 1.82) is 0 Å². The van der Waals surface area contributed by atoms with Crippen molar-refractivity contribution in [3.63, 3.8) is 0 Å². The summed E-state index contributed by atoms with van der Waals surface area (Å²) < 4.78 is 64.4. The zero-order valence-corrected chi connectivity index (χ0v) is 45.7. The third-order valence-corrected chi connectivity index (χ3v) is 13.6. The maximum absolute atomic E-state index is 14.9. The van der Waals surface area contributed by atoms with E-state index in [4.69, 9.17) is 45.8 Å². The van der Waals surface area contributed by atoms with Crippen LogP contribution in [-0.2, 0) is 38.3 Å². The number of carbonyl (C=O) groups is 2. The lowest BCUT2D eigenvalue weighted by molar-refractivity contribution is -0.117. The average Bonchev–Trinajstić information content (AvgIpc) is 3.43. The molecular weight excluding hydrogens is 1140 g/mol. The molecular formula is C57H54Br2ClF2N7O8. The molecule has 77 heavy (non-hydrogen) atoms. The van der Waals surface area contributed by atoms with E-state index in [1.807, 2.05) is 60.7 Å². The first-order chi connectivity index (χ1) is 37.5. The lowest BCUT2D eigenvalue weighted by atomic mass is 10.0. The second kappa shape index (κ2) is 28.6. The first-order valence-corrected chi connectivity index (χ1v) is 26.6. The minimum Gasteiger partial charge on any atom is -0.475 e. The van der Waals surface area contributed by atoms with E-state index < -0.39 is 11.6 Å². The van der Waals surface area contributed by atoms with E-state index in [0.29, 0.717) is 91.3 Å². The Morgan fingerprint density at radius 3 is 1.49 bits per heavy atom. The molecule has 20 heteroatoms. The van der Waals surface area contributed by atoms with Gasteiger partial charge in [-0.25, -0.2) is 18.7 Å². The molecule has 2 fully saturated rings. The van der Waals surface area contributed by atoms with Gasteiger partial charge in [-0.1, -0.05) is 66.7 Å². The molecule has 10 rings (SSSR count). The van der Waals surface area contributed by atoms with Gasteiger partial charge in [0.1, 0.15) is 39.4 Å². The molecule has 8 aromatic rings. The number of Topliss-reactive ketones (excluding diaryl/α,β-unsaturated/α-hetero) is 1. The van der Waals surface area contributed by atoms with Crippen LogP contribution >= 0.6 is 43.5 Å². The highest BCUT2D eigenvalue weighted by atomic mass is 79.9. The fourth-order valence-electron chi connectivity index (χ4n) is 8.09. The van der Waals surface area contributed by atoms with Crippen molar-refractivity contribution >= 4 is 82.0 Å². The van der Waals surface area contributed by atoms with Crippen molar-refractivity contribution in [3.05, 3.63) is 171 Å². The highest BCUT2D eigenvalue weighted by molar-refractivity contribution is 9.11. The maximum atomic E-state index is 14.9. The molecule has 6 heterocycles. The van der Waals surface area contributed by atoms with Gasteiger partial charge in [-0.15, -0.1) is 0 Å². The second-order valence-corrected chi connectivity index (χ2v) is 19.6. The van der Waals surface area contributed by atoms with E-state index >= 15 is 0 Å². The summed E-state index contributed by atoms with van der Waals surface area (Å²) in [6.45, 7) is 9.11. The van der Waals surface area contributed by atoms with Gasteiger partial charge in [0.15, 0.2) is 23.1 Å². The predicted octanol–water partition coefficient (Wildman–Crippen LogP) is 11.0. The molecule has 2 aliphatic heterocycles. The molecule has 400 valence electrons. The number of carbonyl (C=O) groups excluding carboxylic acids is 2. The Balaban J connectivity index is 0.000000177. The Bertz CT molecular complexity index is 3250. The number of hydrogen-bond donors (Lipinski definition) is 1. The molecule has 4 aromatic carbocycles. The van der Waals surface area contributed by atoms with Gasteiger partial charge in [0.2, 0.25) is 17.0 Å². The zero-order valence-electron chi connectivity index (χ0n) is 41.7. The number of hydrogen-bond acceptors (Lipinski definition) is 15.